The maximum atomic E-state index is 15.3. The van der Waals surface area contributed by atoms with Crippen LogP contribution in [0.3, 0.4) is 0 Å². The van der Waals surface area contributed by atoms with Gasteiger partial charge in [0.2, 0.25) is 0 Å². The number of nitrogens with one attached hydrogen (secondary N) is 4. The first-order valence-corrected chi connectivity index (χ1v) is 28.0. The molecule has 0 aromatic heterocycles. The molecule has 2 fully saturated rings. The number of nitro groups is 1. The number of rotatable bonds is 25. The third kappa shape index (κ3) is 19.3. The predicted octanol–water partition coefficient (Wildman–Crippen LogP) is 12.0. The van der Waals surface area contributed by atoms with Crippen LogP contribution in [-0.2, 0) is 31.9 Å². The number of nitro benzene ring substituents is 1. The van der Waals surface area contributed by atoms with Gasteiger partial charge in [-0.25, -0.2) is 13.2 Å². The summed E-state index contributed by atoms with van der Waals surface area (Å²) in [5.41, 5.74) is 1.02. The maximum Gasteiger partial charge on any atom is 0.293 e. The van der Waals surface area contributed by atoms with E-state index >= 15 is 4.39 Å². The van der Waals surface area contributed by atoms with E-state index in [-0.39, 0.29) is 52.5 Å². The second kappa shape index (κ2) is 31.1. The largest absolute Gasteiger partial charge is 0.379 e. The summed E-state index contributed by atoms with van der Waals surface area (Å²) in [7, 11) is 11.1. The van der Waals surface area contributed by atoms with Gasteiger partial charge in [0.05, 0.1) is 16.2 Å². The second-order valence-electron chi connectivity index (χ2n) is 20.4. The van der Waals surface area contributed by atoms with E-state index in [0.717, 1.165) is 125 Å². The summed E-state index contributed by atoms with van der Waals surface area (Å²) >= 11 is 2.08. The van der Waals surface area contributed by atoms with E-state index in [2.05, 4.69) is 35.9 Å². The number of hydrogen-bond donors (Lipinski definition) is 4. The third-order valence-electron chi connectivity index (χ3n) is 14.3. The Morgan fingerprint density at radius 1 is 0.658 bits per heavy atom. The fourth-order valence-corrected chi connectivity index (χ4v) is 11.0. The number of ether oxygens (including phenoxy) is 2. The molecule has 14 nitrogen and oxygen atoms in total. The van der Waals surface area contributed by atoms with Crippen molar-refractivity contribution in [3.63, 3.8) is 0 Å². The average molecular weight is 1090 g/mol. The Kier molecular flexibility index (Phi) is 25.2. The molecule has 4 aromatic carbocycles. The van der Waals surface area contributed by atoms with Crippen LogP contribution in [-0.4, -0.2) is 105 Å². The zero-order valence-electron chi connectivity index (χ0n) is 45.0. The summed E-state index contributed by atoms with van der Waals surface area (Å²) in [6, 6.07) is 22.7. The van der Waals surface area contributed by atoms with Gasteiger partial charge in [-0.3, -0.25) is 29.1 Å². The Balaban J connectivity index is 0.000000281. The van der Waals surface area contributed by atoms with Crippen molar-refractivity contribution < 1.29 is 37.2 Å². The monoisotopic (exact) mass is 1090 g/mol. The minimum atomic E-state index is -0.869. The van der Waals surface area contributed by atoms with E-state index < -0.39 is 21.9 Å². The van der Waals surface area contributed by atoms with Crippen LogP contribution in [0.25, 0.3) is 0 Å². The highest BCUT2D eigenvalue weighted by molar-refractivity contribution is 7.98. The van der Waals surface area contributed by atoms with E-state index in [1.807, 2.05) is 28.2 Å². The van der Waals surface area contributed by atoms with Crippen LogP contribution in [0.1, 0.15) is 119 Å². The van der Waals surface area contributed by atoms with Gasteiger partial charge < -0.3 is 29.9 Å². The van der Waals surface area contributed by atoms with E-state index in [1.165, 1.54) is 36.4 Å². The molecule has 0 saturated heterocycles. The van der Waals surface area contributed by atoms with Crippen LogP contribution in [0.2, 0.25) is 0 Å². The molecule has 0 spiro atoms. The topological polar surface area (TPSA) is 174 Å². The molecule has 2 amide bonds. The average Bonchev–Trinajstić information content (AvgIpc) is 3.83. The van der Waals surface area contributed by atoms with E-state index in [0.29, 0.717) is 54.0 Å². The quantitative estimate of drug-likeness (QED) is 0.0214. The molecule has 0 bridgehead atoms. The number of methoxy groups -OCH3 is 2. The predicted molar refractivity (Wildman–Crippen MR) is 298 cm³/mol. The van der Waals surface area contributed by atoms with Crippen molar-refractivity contribution in [3.8, 4) is 6.07 Å². The van der Waals surface area contributed by atoms with E-state index in [4.69, 9.17) is 9.47 Å². The van der Waals surface area contributed by atoms with Crippen molar-refractivity contribution in [3.05, 3.63) is 123 Å². The molecule has 2 aliphatic rings. The highest BCUT2D eigenvalue weighted by atomic mass is 32.2. The molecule has 0 radical (unpaired) electrons. The third-order valence-corrected chi connectivity index (χ3v) is 15.8. The van der Waals surface area contributed by atoms with Crippen molar-refractivity contribution in [1.82, 2.24) is 19.2 Å². The van der Waals surface area contributed by atoms with Gasteiger partial charge in [0.1, 0.15) is 40.4 Å². The lowest BCUT2D eigenvalue weighted by Crippen LogP contribution is -2.45. The van der Waals surface area contributed by atoms with E-state index in [1.54, 1.807) is 56.7 Å². The Hall–Kier alpha value is -5.36. The van der Waals surface area contributed by atoms with Gasteiger partial charge in [0.15, 0.2) is 0 Å². The van der Waals surface area contributed by atoms with Crippen molar-refractivity contribution in [2.45, 2.75) is 149 Å². The number of carbonyl (C=O) groups is 2. The van der Waals surface area contributed by atoms with Crippen molar-refractivity contribution >= 4 is 52.8 Å². The smallest absolute Gasteiger partial charge is 0.293 e. The van der Waals surface area contributed by atoms with Gasteiger partial charge in [-0.2, -0.15) is 5.26 Å². The second-order valence-corrected chi connectivity index (χ2v) is 22.1. The van der Waals surface area contributed by atoms with Crippen LogP contribution in [0.5, 0.6) is 0 Å². The fourth-order valence-electron chi connectivity index (χ4n) is 9.58. The molecule has 2 saturated carbocycles. The highest BCUT2D eigenvalue weighted by Crippen LogP contribution is 2.35. The molecular formula is C57H77F3N8O6S2. The first kappa shape index (κ1) is 61.5. The Labute approximate surface area is 456 Å². The molecule has 2 unspecified atom stereocenters. The molecule has 0 aliphatic heterocycles. The van der Waals surface area contributed by atoms with Gasteiger partial charge >= 0.3 is 0 Å². The SMILES string of the molecule is COC1(C(=O)NSc2cc(F)c(NC(CCc3ccc(F)cc3)CCN(C)C)c(C#N)c2)CCCCCC1.COC1(C(=O)NSc2ccc(NC(CCc3ccc(F)cc3)CCN(C)C)c([N+](=O)[O-])c2)CCCCCC1. The van der Waals surface area contributed by atoms with Crippen LogP contribution in [0.4, 0.5) is 30.2 Å². The number of aryl methyl sites for hydroxylation is 2. The first-order chi connectivity index (χ1) is 36.5. The zero-order chi connectivity index (χ0) is 55.1. The molecule has 0 heterocycles. The minimum absolute atomic E-state index is 0.0174. The van der Waals surface area contributed by atoms with Crippen molar-refractivity contribution in [2.24, 2.45) is 0 Å². The van der Waals surface area contributed by atoms with Crippen LogP contribution < -0.4 is 20.1 Å². The number of nitriles is 1. The molecule has 4 N–H and O–H groups in total. The Morgan fingerprint density at radius 3 is 1.53 bits per heavy atom. The molecule has 19 heteroatoms. The summed E-state index contributed by atoms with van der Waals surface area (Å²) in [6.45, 7) is 1.60. The van der Waals surface area contributed by atoms with Gasteiger partial charge in [-0.15, -0.1) is 0 Å². The number of amides is 2. The number of carbonyl (C=O) groups excluding carboxylic acids is 2. The van der Waals surface area contributed by atoms with Crippen LogP contribution in [0.15, 0.2) is 88.7 Å². The summed E-state index contributed by atoms with van der Waals surface area (Å²) in [4.78, 5) is 42.7. The number of hydrogen-bond acceptors (Lipinski definition) is 13. The van der Waals surface area contributed by atoms with E-state index in [9.17, 15) is 33.7 Å². The highest BCUT2D eigenvalue weighted by Gasteiger charge is 2.40. The molecule has 2 atom stereocenters. The molecular weight excluding hydrogens is 1010 g/mol. The van der Waals surface area contributed by atoms with Gasteiger partial charge in [0, 0.05) is 42.2 Å². The number of nitrogens with zero attached hydrogens (tertiary/aromatic N) is 4. The molecule has 4 aromatic rings. The van der Waals surface area contributed by atoms with Gasteiger partial charge in [0.25, 0.3) is 17.5 Å². The van der Waals surface area contributed by atoms with Crippen molar-refractivity contribution in [1.29, 1.82) is 5.26 Å². The standard InChI is InChI=1S/C29H38F2N4O2S.C28H39FN4O4S/c1-35(2)17-14-24(13-10-21-8-11-23(30)12-9-21)33-27-22(20-32)18-25(19-26(27)31)38-34-28(36)29(37-3)15-6-4-5-7-16-29;1-32(2)19-16-23(13-10-21-8-11-22(29)12-9-21)30-25-15-14-24(20-26(25)33(35)36)38-31-27(34)28(37-3)17-6-4-5-7-18-28/h8-9,11-12,18-19,24,33H,4-7,10,13-17H2,1-3H3,(H,34,36);8-9,11-12,14-15,20,23,30H,4-7,10,13,16-19H2,1-3H3,(H,31,34). The summed E-state index contributed by atoms with van der Waals surface area (Å²) in [5.74, 6) is -1.52. The summed E-state index contributed by atoms with van der Waals surface area (Å²) in [5, 5.41) is 28.4. The summed E-state index contributed by atoms with van der Waals surface area (Å²) in [6.07, 6.45) is 15.1. The molecule has 6 rings (SSSR count). The van der Waals surface area contributed by atoms with Crippen LogP contribution >= 0.6 is 23.9 Å². The maximum absolute atomic E-state index is 15.3. The first-order valence-electron chi connectivity index (χ1n) is 26.4. The molecule has 2 aliphatic carbocycles. The Morgan fingerprint density at radius 2 is 1.11 bits per heavy atom. The number of halogens is 3. The Bertz CT molecular complexity index is 2500. The zero-order valence-corrected chi connectivity index (χ0v) is 46.6. The normalized spacial score (nSPS) is 16.0. The van der Waals surface area contributed by atoms with Gasteiger partial charge in [-0.05, 0) is 189 Å². The minimum Gasteiger partial charge on any atom is -0.379 e. The number of benzene rings is 4. The molecule has 76 heavy (non-hydrogen) atoms. The number of anilines is 2. The molecule has 414 valence electrons. The van der Waals surface area contributed by atoms with Crippen molar-refractivity contribution in [2.75, 3.05) is 66.1 Å². The summed E-state index contributed by atoms with van der Waals surface area (Å²) < 4.78 is 58.9. The van der Waals surface area contributed by atoms with Gasteiger partial charge in [-0.1, -0.05) is 75.6 Å². The fraction of sp³-hybridized carbons (Fsp3) is 0.526. The van der Waals surface area contributed by atoms with Crippen LogP contribution in [0, 0.1) is 38.9 Å². The lowest BCUT2D eigenvalue weighted by molar-refractivity contribution is -0.384. The lowest BCUT2D eigenvalue weighted by Gasteiger charge is -2.29. The lowest BCUT2D eigenvalue weighted by atomic mass is 9.93.